The van der Waals surface area contributed by atoms with E-state index in [0.29, 0.717) is 6.54 Å². The number of nitrogens with zero attached hydrogens (tertiary/aromatic N) is 1. The number of hydrogen-bond donors (Lipinski definition) is 1. The summed E-state index contributed by atoms with van der Waals surface area (Å²) >= 11 is 1.71. The van der Waals surface area contributed by atoms with E-state index >= 15 is 0 Å². The second kappa shape index (κ2) is 6.05. The zero-order valence-electron chi connectivity index (χ0n) is 12.7. The van der Waals surface area contributed by atoms with Crippen molar-refractivity contribution in [3.05, 3.63) is 23.2 Å². The van der Waals surface area contributed by atoms with E-state index < -0.39 is 0 Å². The zero-order valence-corrected chi connectivity index (χ0v) is 13.5. The van der Waals surface area contributed by atoms with Gasteiger partial charge in [0.05, 0.1) is 16.3 Å². The molecule has 4 rings (SSSR count). The Hall–Kier alpha value is -1.33. The molecule has 4 nitrogen and oxygen atoms in total. The van der Waals surface area contributed by atoms with Crippen molar-refractivity contribution in [2.24, 2.45) is 5.92 Å². The molecular weight excluding hydrogens is 296 g/mol. The molecule has 1 N–H and O–H groups in total. The molecule has 1 saturated carbocycles. The third kappa shape index (κ3) is 2.68. The van der Waals surface area contributed by atoms with Gasteiger partial charge in [0.1, 0.15) is 5.69 Å². The Morgan fingerprint density at radius 3 is 3.00 bits per heavy atom. The van der Waals surface area contributed by atoms with Crippen molar-refractivity contribution in [3.8, 4) is 0 Å². The van der Waals surface area contributed by atoms with E-state index in [0.717, 1.165) is 37.6 Å². The molecule has 0 unspecified atom stereocenters. The van der Waals surface area contributed by atoms with Gasteiger partial charge in [0.25, 0.3) is 5.91 Å². The highest BCUT2D eigenvalue weighted by Crippen LogP contribution is 2.32. The zero-order chi connectivity index (χ0) is 14.9. The minimum atomic E-state index is 0.0400. The summed E-state index contributed by atoms with van der Waals surface area (Å²) in [6, 6.07) is 4.18. The predicted octanol–water partition coefficient (Wildman–Crippen LogP) is 3.41. The number of fused-ring (bicyclic) bond motifs is 1. The first-order chi connectivity index (χ1) is 10.8. The van der Waals surface area contributed by atoms with E-state index in [1.807, 2.05) is 6.07 Å². The van der Waals surface area contributed by atoms with Gasteiger partial charge in [-0.15, -0.1) is 11.3 Å². The summed E-state index contributed by atoms with van der Waals surface area (Å²) in [4.78, 5) is 12.6. The molecule has 0 radical (unpaired) electrons. The van der Waals surface area contributed by atoms with Gasteiger partial charge < -0.3 is 14.6 Å². The fourth-order valence-electron chi connectivity index (χ4n) is 3.40. The van der Waals surface area contributed by atoms with E-state index in [1.54, 1.807) is 11.3 Å². The van der Waals surface area contributed by atoms with Crippen LogP contribution in [0.15, 0.2) is 17.5 Å². The van der Waals surface area contributed by atoms with Crippen LogP contribution >= 0.6 is 11.3 Å². The lowest BCUT2D eigenvalue weighted by Gasteiger charge is -2.27. The monoisotopic (exact) mass is 318 g/mol. The average Bonchev–Trinajstić information content (AvgIpc) is 3.17. The Kier molecular flexibility index (Phi) is 3.92. The van der Waals surface area contributed by atoms with Crippen molar-refractivity contribution in [2.45, 2.75) is 44.8 Å². The molecule has 0 spiro atoms. The van der Waals surface area contributed by atoms with E-state index in [1.165, 1.54) is 29.5 Å². The minimum absolute atomic E-state index is 0.0400. The van der Waals surface area contributed by atoms with Crippen LogP contribution in [-0.4, -0.2) is 29.7 Å². The Morgan fingerprint density at radius 2 is 2.27 bits per heavy atom. The Bertz CT molecular complexity index is 665. The first-order valence-electron chi connectivity index (χ1n) is 8.28. The van der Waals surface area contributed by atoms with Crippen molar-refractivity contribution >= 4 is 27.5 Å². The number of carbonyl (C=O) groups excluding carboxylic acids is 1. The van der Waals surface area contributed by atoms with Crippen LogP contribution in [0.3, 0.4) is 0 Å². The molecule has 5 heteroatoms. The minimum Gasteiger partial charge on any atom is -0.376 e. The maximum atomic E-state index is 12.6. The molecule has 0 aromatic carbocycles. The van der Waals surface area contributed by atoms with Gasteiger partial charge >= 0.3 is 0 Å². The standard InChI is InChI=1S/C17H22N2O2S/c20-17(18-10-13-5-2-7-21-13)15-9-16-14(6-8-22-16)19(15)11-12-3-1-4-12/h6,8-9,12-13H,1-5,7,10-11H2,(H,18,20)/t13-/m1/s1. The van der Waals surface area contributed by atoms with Gasteiger partial charge in [-0.25, -0.2) is 0 Å². The quantitative estimate of drug-likeness (QED) is 0.918. The Labute approximate surface area is 134 Å². The topological polar surface area (TPSA) is 43.3 Å². The highest BCUT2D eigenvalue weighted by molar-refractivity contribution is 7.17. The van der Waals surface area contributed by atoms with E-state index in [2.05, 4.69) is 21.3 Å². The summed E-state index contributed by atoms with van der Waals surface area (Å²) < 4.78 is 9.02. The van der Waals surface area contributed by atoms with E-state index in [4.69, 9.17) is 4.74 Å². The molecule has 2 fully saturated rings. The molecule has 3 heterocycles. The molecule has 2 aliphatic rings. The van der Waals surface area contributed by atoms with Crippen LogP contribution in [0.2, 0.25) is 0 Å². The van der Waals surface area contributed by atoms with Crippen LogP contribution in [0, 0.1) is 5.92 Å². The summed E-state index contributed by atoms with van der Waals surface area (Å²) in [7, 11) is 0. The summed E-state index contributed by atoms with van der Waals surface area (Å²) in [5.41, 5.74) is 2.02. The van der Waals surface area contributed by atoms with Gasteiger partial charge in [-0.2, -0.15) is 0 Å². The van der Waals surface area contributed by atoms with Gasteiger partial charge in [0.15, 0.2) is 0 Å². The van der Waals surface area contributed by atoms with Gasteiger partial charge in [0, 0.05) is 19.7 Å². The molecule has 2 aromatic rings. The van der Waals surface area contributed by atoms with Crippen molar-refractivity contribution in [2.75, 3.05) is 13.2 Å². The Morgan fingerprint density at radius 1 is 1.36 bits per heavy atom. The normalized spacial score (nSPS) is 22.1. The fraction of sp³-hybridized carbons (Fsp3) is 0.588. The van der Waals surface area contributed by atoms with Crippen LogP contribution in [0.5, 0.6) is 0 Å². The molecule has 22 heavy (non-hydrogen) atoms. The second-order valence-corrected chi connectivity index (χ2v) is 7.40. The number of aromatic nitrogens is 1. The molecule has 118 valence electrons. The van der Waals surface area contributed by atoms with Gasteiger partial charge in [0.2, 0.25) is 0 Å². The van der Waals surface area contributed by atoms with Crippen LogP contribution in [0.1, 0.15) is 42.6 Å². The van der Waals surface area contributed by atoms with Crippen molar-refractivity contribution in [1.82, 2.24) is 9.88 Å². The molecular formula is C17H22N2O2S. The van der Waals surface area contributed by atoms with Crippen LogP contribution < -0.4 is 5.32 Å². The summed E-state index contributed by atoms with van der Waals surface area (Å²) in [6.45, 7) is 2.43. The van der Waals surface area contributed by atoms with Gasteiger partial charge in [-0.1, -0.05) is 6.42 Å². The number of nitrogens with one attached hydrogen (secondary N) is 1. The van der Waals surface area contributed by atoms with E-state index in [9.17, 15) is 4.79 Å². The fourth-order valence-corrected chi connectivity index (χ4v) is 4.22. The largest absolute Gasteiger partial charge is 0.376 e. The molecule has 2 aromatic heterocycles. The maximum absolute atomic E-state index is 12.6. The first-order valence-corrected chi connectivity index (χ1v) is 9.16. The molecule has 1 aliphatic heterocycles. The number of amides is 1. The van der Waals surface area contributed by atoms with Crippen LogP contribution in [-0.2, 0) is 11.3 Å². The molecule has 1 aliphatic carbocycles. The summed E-state index contributed by atoms with van der Waals surface area (Å²) in [6.07, 6.45) is 6.27. The third-order valence-electron chi connectivity index (χ3n) is 4.94. The average molecular weight is 318 g/mol. The molecule has 1 saturated heterocycles. The van der Waals surface area contributed by atoms with Crippen molar-refractivity contribution in [3.63, 3.8) is 0 Å². The first kappa shape index (κ1) is 14.3. The smallest absolute Gasteiger partial charge is 0.268 e. The maximum Gasteiger partial charge on any atom is 0.268 e. The highest BCUT2D eigenvalue weighted by Gasteiger charge is 2.24. The lowest BCUT2D eigenvalue weighted by atomic mass is 9.85. The van der Waals surface area contributed by atoms with Crippen LogP contribution in [0.4, 0.5) is 0 Å². The number of rotatable bonds is 5. The number of hydrogen-bond acceptors (Lipinski definition) is 3. The van der Waals surface area contributed by atoms with E-state index in [-0.39, 0.29) is 12.0 Å². The SMILES string of the molecule is O=C(NC[C@H]1CCCO1)c1cc2sccc2n1CC1CCC1. The van der Waals surface area contributed by atoms with Crippen molar-refractivity contribution in [1.29, 1.82) is 0 Å². The predicted molar refractivity (Wildman–Crippen MR) is 88.5 cm³/mol. The lowest BCUT2D eigenvalue weighted by Crippen LogP contribution is -2.33. The third-order valence-corrected chi connectivity index (χ3v) is 5.79. The number of ether oxygens (including phenoxy) is 1. The van der Waals surface area contributed by atoms with Gasteiger partial charge in [-0.3, -0.25) is 4.79 Å². The highest BCUT2D eigenvalue weighted by atomic mass is 32.1. The second-order valence-electron chi connectivity index (χ2n) is 6.45. The Balaban J connectivity index is 1.52. The number of thiophene rings is 1. The van der Waals surface area contributed by atoms with Gasteiger partial charge in [-0.05, 0) is 49.1 Å². The van der Waals surface area contributed by atoms with Crippen LogP contribution in [0.25, 0.3) is 10.2 Å². The molecule has 1 atom stereocenters. The lowest BCUT2D eigenvalue weighted by molar-refractivity contribution is 0.0848. The summed E-state index contributed by atoms with van der Waals surface area (Å²) in [5, 5.41) is 5.17. The summed E-state index contributed by atoms with van der Waals surface area (Å²) in [5.74, 6) is 0.776. The van der Waals surface area contributed by atoms with Crippen molar-refractivity contribution < 1.29 is 9.53 Å². The molecule has 0 bridgehead atoms. The number of carbonyl (C=O) groups is 1. The molecule has 1 amide bonds.